The summed E-state index contributed by atoms with van der Waals surface area (Å²) in [6.45, 7) is 3.70. The molecule has 1 N–H and O–H groups in total. The monoisotopic (exact) mass is 319 g/mol. The molecular weight excluding hydrogens is 298 g/mol. The minimum absolute atomic E-state index is 0.000846. The predicted molar refractivity (Wildman–Crippen MR) is 87.7 cm³/mol. The Kier molecular flexibility index (Phi) is 7.32. The van der Waals surface area contributed by atoms with Gasteiger partial charge < -0.3 is 24.5 Å². The number of hydrogen-bond donors (Lipinski definition) is 1. The molecule has 0 aromatic heterocycles. The molecule has 0 bridgehead atoms. The molecule has 7 heteroatoms. The van der Waals surface area contributed by atoms with Crippen molar-refractivity contribution in [3.63, 3.8) is 0 Å². The fourth-order valence-electron chi connectivity index (χ4n) is 1.86. The highest BCUT2D eigenvalue weighted by Gasteiger charge is 2.15. The number of carbonyl (C=O) groups excluding carboxylic acids is 2. The zero-order valence-corrected chi connectivity index (χ0v) is 13.5. The molecule has 1 aromatic rings. The van der Waals surface area contributed by atoms with E-state index in [2.05, 4.69) is 17.0 Å². The summed E-state index contributed by atoms with van der Waals surface area (Å²) >= 11 is 0. The molecule has 0 saturated heterocycles. The summed E-state index contributed by atoms with van der Waals surface area (Å²) in [7, 11) is 4.66. The highest BCUT2D eigenvalue weighted by molar-refractivity contribution is 5.93. The number of nitrogens with one attached hydrogen (secondary N) is 1. The van der Waals surface area contributed by atoms with Crippen molar-refractivity contribution in [2.45, 2.75) is 6.54 Å². The minimum atomic E-state index is -0.350. The van der Waals surface area contributed by atoms with Crippen molar-refractivity contribution in [1.82, 2.24) is 10.2 Å². The zero-order chi connectivity index (χ0) is 17.2. The molecule has 0 aliphatic carbocycles. The molecule has 1 rings (SSSR count). The Balaban J connectivity index is 2.88. The van der Waals surface area contributed by atoms with Gasteiger partial charge in [0, 0.05) is 25.2 Å². The Hall–Kier alpha value is -2.83. The van der Waals surface area contributed by atoms with E-state index in [-0.39, 0.29) is 18.1 Å². The smallest absolute Gasteiger partial charge is 0.271 e. The molecule has 0 saturated carbocycles. The van der Waals surface area contributed by atoms with Crippen molar-refractivity contribution >= 4 is 18.9 Å². The normalized spacial score (nSPS) is 10.7. The van der Waals surface area contributed by atoms with E-state index in [0.29, 0.717) is 24.3 Å². The lowest BCUT2D eigenvalue weighted by Crippen LogP contribution is -2.34. The number of hydrogen-bond acceptors (Lipinski definition) is 6. The molecule has 0 atom stereocenters. The molecule has 7 nitrogen and oxygen atoms in total. The van der Waals surface area contributed by atoms with Gasteiger partial charge in [-0.3, -0.25) is 9.79 Å². The Morgan fingerprint density at radius 2 is 2.13 bits per heavy atom. The lowest BCUT2D eigenvalue weighted by atomic mass is 10.2. The highest BCUT2D eigenvalue weighted by Crippen LogP contribution is 2.24. The average Bonchev–Trinajstić information content (AvgIpc) is 2.58. The summed E-state index contributed by atoms with van der Waals surface area (Å²) in [6, 6.07) is 5.39. The molecule has 0 fully saturated rings. The summed E-state index contributed by atoms with van der Waals surface area (Å²) < 4.78 is 10.5. The van der Waals surface area contributed by atoms with E-state index in [4.69, 9.17) is 9.47 Å². The lowest BCUT2D eigenvalue weighted by molar-refractivity contribution is -0.128. The number of carbonyl (C=O) groups is 2. The van der Waals surface area contributed by atoms with Gasteiger partial charge in [-0.15, -0.1) is 0 Å². The number of benzene rings is 1. The SMILES string of the molecule is C=N/C=C(/NCc1ccc(OC)cc1OC)C(=O)N(C)CC=O. The van der Waals surface area contributed by atoms with Gasteiger partial charge in [-0.2, -0.15) is 0 Å². The molecule has 1 aromatic carbocycles. The molecule has 23 heavy (non-hydrogen) atoms. The maximum Gasteiger partial charge on any atom is 0.271 e. The van der Waals surface area contributed by atoms with E-state index >= 15 is 0 Å². The van der Waals surface area contributed by atoms with Crippen molar-refractivity contribution < 1.29 is 19.1 Å². The third kappa shape index (κ3) is 5.14. The van der Waals surface area contributed by atoms with E-state index in [1.54, 1.807) is 26.4 Å². The van der Waals surface area contributed by atoms with Crippen molar-refractivity contribution in [3.05, 3.63) is 35.7 Å². The van der Waals surface area contributed by atoms with Crippen LogP contribution in [0.4, 0.5) is 0 Å². The lowest BCUT2D eigenvalue weighted by Gasteiger charge is -2.18. The third-order valence-electron chi connectivity index (χ3n) is 3.11. The average molecular weight is 319 g/mol. The van der Waals surface area contributed by atoms with Crippen LogP contribution in [-0.2, 0) is 16.1 Å². The molecule has 0 radical (unpaired) electrons. The van der Waals surface area contributed by atoms with Crippen LogP contribution in [0.15, 0.2) is 35.1 Å². The number of methoxy groups -OCH3 is 2. The van der Waals surface area contributed by atoms with Gasteiger partial charge in [-0.1, -0.05) is 0 Å². The maximum atomic E-state index is 12.2. The van der Waals surface area contributed by atoms with Crippen LogP contribution in [-0.4, -0.2) is 51.6 Å². The van der Waals surface area contributed by atoms with E-state index in [1.165, 1.54) is 18.1 Å². The number of aliphatic imine (C=N–C) groups is 1. The predicted octanol–water partition coefficient (Wildman–Crippen LogP) is 0.993. The summed E-state index contributed by atoms with van der Waals surface area (Å²) in [5, 5.41) is 2.99. The van der Waals surface area contributed by atoms with E-state index in [0.717, 1.165) is 5.56 Å². The van der Waals surface area contributed by atoms with Crippen LogP contribution < -0.4 is 14.8 Å². The second-order valence-corrected chi connectivity index (χ2v) is 4.61. The van der Waals surface area contributed by atoms with Crippen LogP contribution >= 0.6 is 0 Å². The zero-order valence-electron chi connectivity index (χ0n) is 13.5. The largest absolute Gasteiger partial charge is 0.497 e. The van der Waals surface area contributed by atoms with Gasteiger partial charge in [0.2, 0.25) is 0 Å². The number of amides is 1. The first-order valence-corrected chi connectivity index (χ1v) is 6.87. The first kappa shape index (κ1) is 18.2. The third-order valence-corrected chi connectivity index (χ3v) is 3.11. The van der Waals surface area contributed by atoms with Gasteiger partial charge in [0.05, 0.1) is 27.0 Å². The fourth-order valence-corrected chi connectivity index (χ4v) is 1.86. The summed E-state index contributed by atoms with van der Waals surface area (Å²) in [6.07, 6.45) is 1.98. The van der Waals surface area contributed by atoms with Crippen molar-refractivity contribution in [2.24, 2.45) is 4.99 Å². The van der Waals surface area contributed by atoms with Crippen molar-refractivity contribution in [1.29, 1.82) is 0 Å². The molecular formula is C16H21N3O4. The summed E-state index contributed by atoms with van der Waals surface area (Å²) in [4.78, 5) is 27.6. The van der Waals surface area contributed by atoms with Crippen molar-refractivity contribution in [2.75, 3.05) is 27.8 Å². The Labute approximate surface area is 135 Å². The fraction of sp³-hybridized carbons (Fsp3) is 0.312. The van der Waals surface area contributed by atoms with Crippen LogP contribution in [0.1, 0.15) is 5.56 Å². The Morgan fingerprint density at radius 1 is 1.39 bits per heavy atom. The van der Waals surface area contributed by atoms with Crippen LogP contribution in [0, 0.1) is 0 Å². The van der Waals surface area contributed by atoms with Crippen molar-refractivity contribution in [3.8, 4) is 11.5 Å². The van der Waals surface area contributed by atoms with Crippen LogP contribution in [0.3, 0.4) is 0 Å². The number of nitrogens with zero attached hydrogens (tertiary/aromatic N) is 2. The number of likely N-dealkylation sites (N-methyl/N-ethyl adjacent to an activating group) is 1. The van der Waals surface area contributed by atoms with Crippen LogP contribution in [0.2, 0.25) is 0 Å². The molecule has 0 heterocycles. The number of ether oxygens (including phenoxy) is 2. The van der Waals surface area contributed by atoms with E-state index in [9.17, 15) is 9.59 Å². The molecule has 0 aliphatic heterocycles. The second kappa shape index (κ2) is 9.24. The molecule has 1 amide bonds. The standard InChI is InChI=1S/C16H21N3O4/c1-17-11-14(16(21)19(2)7-8-20)18-10-12-5-6-13(22-3)9-15(12)23-4/h5-6,8-9,11,18H,1,7,10H2,2-4H3/b14-11+. The van der Waals surface area contributed by atoms with Gasteiger partial charge >= 0.3 is 0 Å². The number of rotatable bonds is 9. The van der Waals surface area contributed by atoms with Gasteiger partial charge in [0.25, 0.3) is 5.91 Å². The molecule has 124 valence electrons. The van der Waals surface area contributed by atoms with Gasteiger partial charge in [0.15, 0.2) is 0 Å². The molecule has 0 unspecified atom stereocenters. The summed E-state index contributed by atoms with van der Waals surface area (Å²) in [5.41, 5.74) is 1.08. The van der Waals surface area contributed by atoms with Crippen LogP contribution in [0.5, 0.6) is 11.5 Å². The van der Waals surface area contributed by atoms with Gasteiger partial charge in [-0.25, -0.2) is 0 Å². The maximum absolute atomic E-state index is 12.2. The quantitative estimate of drug-likeness (QED) is 0.417. The van der Waals surface area contributed by atoms with Crippen LogP contribution in [0.25, 0.3) is 0 Å². The topological polar surface area (TPSA) is 80.2 Å². The number of aldehydes is 1. The molecule has 0 aliphatic rings. The van der Waals surface area contributed by atoms with Gasteiger partial charge in [-0.05, 0) is 18.9 Å². The first-order chi connectivity index (χ1) is 11.1. The minimum Gasteiger partial charge on any atom is -0.497 e. The Morgan fingerprint density at radius 3 is 2.70 bits per heavy atom. The summed E-state index contributed by atoms with van der Waals surface area (Å²) in [5.74, 6) is 0.962. The van der Waals surface area contributed by atoms with E-state index < -0.39 is 0 Å². The Bertz CT molecular complexity index is 599. The van der Waals surface area contributed by atoms with Gasteiger partial charge in [0.1, 0.15) is 23.5 Å². The molecule has 0 spiro atoms. The van der Waals surface area contributed by atoms with E-state index in [1.807, 2.05) is 6.07 Å². The second-order valence-electron chi connectivity index (χ2n) is 4.61. The first-order valence-electron chi connectivity index (χ1n) is 6.87. The highest BCUT2D eigenvalue weighted by atomic mass is 16.5.